The molecule has 0 spiro atoms. The molecule has 152 valence electrons. The van der Waals surface area contributed by atoms with Gasteiger partial charge < -0.3 is 0 Å². The highest BCUT2D eigenvalue weighted by Gasteiger charge is 2.16. The van der Waals surface area contributed by atoms with Crippen LogP contribution in [0.3, 0.4) is 0 Å². The Hall–Kier alpha value is -2.22. The molecule has 30 heavy (non-hydrogen) atoms. The van der Waals surface area contributed by atoms with Crippen LogP contribution in [0.2, 0.25) is 10.0 Å². The van der Waals surface area contributed by atoms with Crippen molar-refractivity contribution in [3.63, 3.8) is 0 Å². The lowest BCUT2D eigenvalue weighted by molar-refractivity contribution is 0.581. The molecule has 2 heterocycles. The molecule has 0 atom stereocenters. The highest BCUT2D eigenvalue weighted by molar-refractivity contribution is 7.89. The third-order valence-electron chi connectivity index (χ3n) is 4.56. The topological polar surface area (TPSA) is 59.1 Å². The van der Waals surface area contributed by atoms with Crippen molar-refractivity contribution < 1.29 is 8.42 Å². The van der Waals surface area contributed by atoms with Gasteiger partial charge in [-0.15, -0.1) is 0 Å². The third-order valence-corrected chi connectivity index (χ3v) is 7.40. The Morgan fingerprint density at radius 2 is 1.67 bits per heavy atom. The molecule has 0 saturated heterocycles. The van der Waals surface area contributed by atoms with E-state index < -0.39 is 10.0 Å². The molecule has 0 aliphatic carbocycles. The number of nitrogens with zero attached hydrogens (tertiary/aromatic N) is 1. The van der Waals surface area contributed by atoms with Crippen LogP contribution < -0.4 is 4.72 Å². The summed E-state index contributed by atoms with van der Waals surface area (Å²) in [6.07, 6.45) is 1.70. The Bertz CT molecular complexity index is 1270. The molecule has 8 heteroatoms. The van der Waals surface area contributed by atoms with Gasteiger partial charge in [0, 0.05) is 23.7 Å². The number of hydrogen-bond donors (Lipinski definition) is 1. The Balaban J connectivity index is 1.53. The number of halogens is 2. The fraction of sp³-hybridized carbons (Fsp3) is 0.0455. The molecule has 4 rings (SSSR count). The fourth-order valence-electron chi connectivity index (χ4n) is 3.00. The average molecular weight is 475 g/mol. The van der Waals surface area contributed by atoms with E-state index in [0.29, 0.717) is 10.0 Å². The van der Waals surface area contributed by atoms with Gasteiger partial charge in [0.15, 0.2) is 0 Å². The summed E-state index contributed by atoms with van der Waals surface area (Å²) in [6, 6.07) is 17.6. The summed E-state index contributed by atoms with van der Waals surface area (Å²) in [6.45, 7) is 0.149. The summed E-state index contributed by atoms with van der Waals surface area (Å²) in [4.78, 5) is 4.59. The summed E-state index contributed by atoms with van der Waals surface area (Å²) < 4.78 is 28.2. The van der Waals surface area contributed by atoms with Crippen molar-refractivity contribution in [2.75, 3.05) is 0 Å². The van der Waals surface area contributed by atoms with E-state index in [2.05, 4.69) is 9.71 Å². The van der Waals surface area contributed by atoms with E-state index in [9.17, 15) is 8.42 Å². The van der Waals surface area contributed by atoms with Crippen LogP contribution in [0, 0.1) is 0 Å². The number of thiophene rings is 1. The van der Waals surface area contributed by atoms with Crippen molar-refractivity contribution in [3.05, 3.63) is 93.2 Å². The van der Waals surface area contributed by atoms with Gasteiger partial charge in [-0.1, -0.05) is 47.5 Å². The van der Waals surface area contributed by atoms with Crippen LogP contribution in [0.1, 0.15) is 5.56 Å². The molecule has 0 bridgehead atoms. The predicted octanol–water partition coefficient (Wildman–Crippen LogP) is 6.26. The van der Waals surface area contributed by atoms with Crippen LogP contribution in [0.15, 0.2) is 82.5 Å². The van der Waals surface area contributed by atoms with Gasteiger partial charge >= 0.3 is 0 Å². The molecular weight excluding hydrogens is 459 g/mol. The van der Waals surface area contributed by atoms with Crippen molar-refractivity contribution in [1.29, 1.82) is 0 Å². The van der Waals surface area contributed by atoms with Gasteiger partial charge in [-0.05, 0) is 58.5 Å². The molecule has 0 aliphatic heterocycles. The zero-order valence-electron chi connectivity index (χ0n) is 15.5. The second-order valence-electron chi connectivity index (χ2n) is 6.50. The standard InChI is InChI=1S/C22H16Cl2N2O2S2/c23-20-8-5-16(12-21(20)24)15-3-6-19(7-4-15)30(27,28)26-13-17-2-1-10-25-22(17)18-9-11-29-14-18/h1-12,14,26H,13H2. The van der Waals surface area contributed by atoms with Crippen LogP contribution in [-0.2, 0) is 16.6 Å². The molecular formula is C22H16Cl2N2O2S2. The minimum Gasteiger partial charge on any atom is -0.256 e. The second kappa shape index (κ2) is 8.88. The summed E-state index contributed by atoms with van der Waals surface area (Å²) >= 11 is 13.6. The molecule has 1 N–H and O–H groups in total. The van der Waals surface area contributed by atoms with Crippen molar-refractivity contribution >= 4 is 44.6 Å². The number of benzene rings is 2. The highest BCUT2D eigenvalue weighted by Crippen LogP contribution is 2.29. The maximum absolute atomic E-state index is 12.8. The van der Waals surface area contributed by atoms with Gasteiger partial charge in [0.25, 0.3) is 0 Å². The molecule has 0 radical (unpaired) electrons. The van der Waals surface area contributed by atoms with E-state index in [4.69, 9.17) is 23.2 Å². The number of aromatic nitrogens is 1. The van der Waals surface area contributed by atoms with E-state index in [1.165, 1.54) is 0 Å². The minimum absolute atomic E-state index is 0.149. The van der Waals surface area contributed by atoms with Crippen LogP contribution in [0.5, 0.6) is 0 Å². The average Bonchev–Trinajstić information content (AvgIpc) is 3.29. The van der Waals surface area contributed by atoms with Crippen molar-refractivity contribution in [1.82, 2.24) is 9.71 Å². The molecule has 2 aromatic heterocycles. The summed E-state index contributed by atoms with van der Waals surface area (Å²) in [5, 5.41) is 4.88. The molecule has 0 fully saturated rings. The number of hydrogen-bond acceptors (Lipinski definition) is 4. The molecule has 2 aromatic carbocycles. The monoisotopic (exact) mass is 474 g/mol. The smallest absolute Gasteiger partial charge is 0.240 e. The van der Waals surface area contributed by atoms with Gasteiger partial charge in [0.2, 0.25) is 10.0 Å². The Morgan fingerprint density at radius 1 is 0.900 bits per heavy atom. The van der Waals surface area contributed by atoms with E-state index in [1.54, 1.807) is 60.0 Å². The molecule has 4 nitrogen and oxygen atoms in total. The van der Waals surface area contributed by atoms with Crippen LogP contribution in [0.25, 0.3) is 22.4 Å². The Labute approximate surface area is 189 Å². The third kappa shape index (κ3) is 4.58. The number of nitrogens with one attached hydrogen (secondary N) is 1. The Kier molecular flexibility index (Phi) is 6.22. The molecule has 0 amide bonds. The van der Waals surface area contributed by atoms with Gasteiger partial charge in [-0.2, -0.15) is 11.3 Å². The number of pyridine rings is 1. The quantitative estimate of drug-likeness (QED) is 0.358. The maximum atomic E-state index is 12.8. The van der Waals surface area contributed by atoms with Gasteiger partial charge in [0.1, 0.15) is 0 Å². The van der Waals surface area contributed by atoms with E-state index in [0.717, 1.165) is 27.9 Å². The first-order valence-electron chi connectivity index (χ1n) is 8.96. The van der Waals surface area contributed by atoms with E-state index in [1.807, 2.05) is 29.0 Å². The molecule has 4 aromatic rings. The van der Waals surface area contributed by atoms with E-state index >= 15 is 0 Å². The SMILES string of the molecule is O=S(=O)(NCc1cccnc1-c1ccsc1)c1ccc(-c2ccc(Cl)c(Cl)c2)cc1. The van der Waals surface area contributed by atoms with Crippen molar-refractivity contribution in [2.45, 2.75) is 11.4 Å². The Morgan fingerprint density at radius 3 is 2.37 bits per heavy atom. The summed E-state index contributed by atoms with van der Waals surface area (Å²) in [5.74, 6) is 0. The van der Waals surface area contributed by atoms with Crippen molar-refractivity contribution in [3.8, 4) is 22.4 Å². The van der Waals surface area contributed by atoms with Gasteiger partial charge in [0.05, 0.1) is 20.6 Å². The molecule has 0 aliphatic rings. The number of rotatable bonds is 6. The summed E-state index contributed by atoms with van der Waals surface area (Å²) in [7, 11) is -3.68. The highest BCUT2D eigenvalue weighted by atomic mass is 35.5. The van der Waals surface area contributed by atoms with Crippen LogP contribution in [-0.4, -0.2) is 13.4 Å². The second-order valence-corrected chi connectivity index (χ2v) is 9.86. The fourth-order valence-corrected chi connectivity index (χ4v) is 4.94. The lowest BCUT2D eigenvalue weighted by Crippen LogP contribution is -2.23. The zero-order valence-corrected chi connectivity index (χ0v) is 18.7. The van der Waals surface area contributed by atoms with Crippen LogP contribution in [0.4, 0.5) is 0 Å². The van der Waals surface area contributed by atoms with E-state index in [-0.39, 0.29) is 11.4 Å². The first-order valence-corrected chi connectivity index (χ1v) is 12.1. The first-order chi connectivity index (χ1) is 14.4. The lowest BCUT2D eigenvalue weighted by atomic mass is 10.1. The maximum Gasteiger partial charge on any atom is 0.240 e. The number of sulfonamides is 1. The normalized spacial score (nSPS) is 11.5. The summed E-state index contributed by atoms with van der Waals surface area (Å²) in [5.41, 5.74) is 4.26. The minimum atomic E-state index is -3.68. The van der Waals surface area contributed by atoms with Crippen molar-refractivity contribution in [2.24, 2.45) is 0 Å². The zero-order chi connectivity index (χ0) is 21.1. The largest absolute Gasteiger partial charge is 0.256 e. The van der Waals surface area contributed by atoms with Gasteiger partial charge in [-0.25, -0.2) is 13.1 Å². The first kappa shape index (κ1) is 21.0. The lowest BCUT2D eigenvalue weighted by Gasteiger charge is -2.10. The molecule has 0 unspecified atom stereocenters. The van der Waals surface area contributed by atoms with Gasteiger partial charge in [-0.3, -0.25) is 4.98 Å². The van der Waals surface area contributed by atoms with Crippen LogP contribution >= 0.6 is 34.5 Å². The molecule has 0 saturated carbocycles. The predicted molar refractivity (Wildman–Crippen MR) is 123 cm³/mol.